The SMILES string of the molecule is CC(C)C(N)C(=O)NC(CCC(=O)O)C(=O)NC(CC(N)=O)C(=O)NC(CS)C(=O)O. The molecule has 4 amide bonds. The maximum atomic E-state index is 12.6. The number of rotatable bonds is 14. The van der Waals surface area contributed by atoms with Crippen molar-refractivity contribution in [3.63, 3.8) is 0 Å². The lowest BCUT2D eigenvalue weighted by Gasteiger charge is -2.25. The molecule has 0 saturated carbocycles. The molecule has 0 aliphatic carbocycles. The molecule has 0 rings (SSSR count). The van der Waals surface area contributed by atoms with E-state index in [-0.39, 0.29) is 18.1 Å². The Morgan fingerprint density at radius 2 is 1.35 bits per heavy atom. The number of carboxylic acids is 2. The summed E-state index contributed by atoms with van der Waals surface area (Å²) in [5.74, 6) is -6.82. The number of thiol groups is 1. The summed E-state index contributed by atoms with van der Waals surface area (Å²) < 4.78 is 0. The Labute approximate surface area is 184 Å². The highest BCUT2D eigenvalue weighted by molar-refractivity contribution is 7.80. The van der Waals surface area contributed by atoms with Gasteiger partial charge >= 0.3 is 11.9 Å². The predicted octanol–water partition coefficient (Wildman–Crippen LogP) is -2.82. The van der Waals surface area contributed by atoms with Gasteiger partial charge in [-0.05, 0) is 12.3 Å². The van der Waals surface area contributed by atoms with Crippen LogP contribution in [0.2, 0.25) is 0 Å². The molecule has 31 heavy (non-hydrogen) atoms. The molecule has 13 nitrogen and oxygen atoms in total. The molecule has 0 radical (unpaired) electrons. The number of hydrogen-bond donors (Lipinski definition) is 8. The Morgan fingerprint density at radius 1 is 0.871 bits per heavy atom. The summed E-state index contributed by atoms with van der Waals surface area (Å²) in [7, 11) is 0. The van der Waals surface area contributed by atoms with Crippen LogP contribution in [0, 0.1) is 5.92 Å². The Bertz CT molecular complexity index is 702. The van der Waals surface area contributed by atoms with E-state index in [1.807, 2.05) is 0 Å². The second-order valence-corrected chi connectivity index (χ2v) is 7.44. The first kappa shape index (κ1) is 28.1. The van der Waals surface area contributed by atoms with Crippen LogP contribution in [0.4, 0.5) is 0 Å². The molecule has 0 saturated heterocycles. The van der Waals surface area contributed by atoms with Crippen LogP contribution in [0.25, 0.3) is 0 Å². The molecule has 4 unspecified atom stereocenters. The summed E-state index contributed by atoms with van der Waals surface area (Å²) in [5, 5.41) is 24.5. The van der Waals surface area contributed by atoms with Gasteiger partial charge in [0.1, 0.15) is 18.1 Å². The fourth-order valence-corrected chi connectivity index (χ4v) is 2.50. The minimum atomic E-state index is -1.56. The lowest BCUT2D eigenvalue weighted by molar-refractivity contribution is -0.141. The van der Waals surface area contributed by atoms with Crippen LogP contribution < -0.4 is 27.4 Å². The molecule has 0 heterocycles. The van der Waals surface area contributed by atoms with Crippen molar-refractivity contribution in [3.8, 4) is 0 Å². The summed E-state index contributed by atoms with van der Waals surface area (Å²) in [6, 6.07) is -5.31. The summed E-state index contributed by atoms with van der Waals surface area (Å²) in [6.07, 6.45) is -1.47. The van der Waals surface area contributed by atoms with Gasteiger partial charge in [0.15, 0.2) is 0 Å². The summed E-state index contributed by atoms with van der Waals surface area (Å²) in [6.45, 7) is 3.34. The van der Waals surface area contributed by atoms with E-state index in [4.69, 9.17) is 21.7 Å². The minimum Gasteiger partial charge on any atom is -0.481 e. The third-order valence-corrected chi connectivity index (χ3v) is 4.50. The predicted molar refractivity (Wildman–Crippen MR) is 111 cm³/mol. The van der Waals surface area contributed by atoms with Gasteiger partial charge in [-0.15, -0.1) is 0 Å². The van der Waals surface area contributed by atoms with E-state index in [2.05, 4.69) is 28.6 Å². The van der Waals surface area contributed by atoms with Crippen LogP contribution in [0.5, 0.6) is 0 Å². The lowest BCUT2D eigenvalue weighted by Crippen LogP contribution is -2.58. The smallest absolute Gasteiger partial charge is 0.327 e. The Balaban J connectivity index is 5.51. The molecule has 0 spiro atoms. The van der Waals surface area contributed by atoms with Gasteiger partial charge in [0, 0.05) is 12.2 Å². The van der Waals surface area contributed by atoms with Crippen LogP contribution in [0.3, 0.4) is 0 Å². The highest BCUT2D eigenvalue weighted by Crippen LogP contribution is 2.05. The van der Waals surface area contributed by atoms with E-state index < -0.39 is 72.6 Å². The zero-order valence-electron chi connectivity index (χ0n) is 17.2. The molecule has 0 aliphatic heterocycles. The summed E-state index contributed by atoms with van der Waals surface area (Å²) >= 11 is 3.80. The summed E-state index contributed by atoms with van der Waals surface area (Å²) in [5.41, 5.74) is 10.8. The summed E-state index contributed by atoms with van der Waals surface area (Å²) in [4.78, 5) is 70.5. The van der Waals surface area contributed by atoms with Gasteiger partial charge in [-0.25, -0.2) is 4.79 Å². The first-order chi connectivity index (χ1) is 14.3. The van der Waals surface area contributed by atoms with Crippen molar-refractivity contribution < 1.29 is 39.0 Å². The molecule has 0 aromatic heterocycles. The van der Waals surface area contributed by atoms with E-state index in [1.165, 1.54) is 0 Å². The molecule has 9 N–H and O–H groups in total. The molecule has 14 heteroatoms. The average molecular weight is 464 g/mol. The maximum Gasteiger partial charge on any atom is 0.327 e. The van der Waals surface area contributed by atoms with Crippen molar-refractivity contribution in [2.45, 2.75) is 57.3 Å². The van der Waals surface area contributed by atoms with Crippen LogP contribution in [0.15, 0.2) is 0 Å². The Hall–Kier alpha value is -2.87. The zero-order chi connectivity index (χ0) is 24.3. The molecule has 0 bridgehead atoms. The number of nitrogens with two attached hydrogens (primary N) is 2. The molecule has 4 atom stereocenters. The van der Waals surface area contributed by atoms with Crippen molar-refractivity contribution >= 4 is 48.2 Å². The van der Waals surface area contributed by atoms with E-state index in [9.17, 15) is 28.8 Å². The number of primary amides is 1. The number of amides is 4. The number of carboxylic acid groups (broad SMARTS) is 2. The number of nitrogens with one attached hydrogen (secondary N) is 3. The second-order valence-electron chi connectivity index (χ2n) is 7.08. The molecule has 0 aromatic carbocycles. The zero-order valence-corrected chi connectivity index (χ0v) is 18.1. The van der Waals surface area contributed by atoms with Crippen molar-refractivity contribution in [3.05, 3.63) is 0 Å². The first-order valence-electron chi connectivity index (χ1n) is 9.30. The van der Waals surface area contributed by atoms with Crippen molar-refractivity contribution in [1.82, 2.24) is 16.0 Å². The highest BCUT2D eigenvalue weighted by Gasteiger charge is 2.31. The fourth-order valence-electron chi connectivity index (χ4n) is 2.25. The standard InChI is InChI=1S/C17H29N5O8S/c1-7(2)13(19)16(28)20-8(3-4-12(24)25)14(26)21-9(5-11(18)23)15(27)22-10(6-31)17(29)30/h7-10,13,31H,3-6,19H2,1-2H3,(H2,18,23)(H,20,28)(H,21,26)(H,22,27)(H,24,25)(H,29,30). The average Bonchev–Trinajstić information content (AvgIpc) is 2.66. The van der Waals surface area contributed by atoms with Crippen molar-refractivity contribution in [2.24, 2.45) is 17.4 Å². The van der Waals surface area contributed by atoms with Gasteiger partial charge < -0.3 is 37.6 Å². The third kappa shape index (κ3) is 10.6. The van der Waals surface area contributed by atoms with Crippen LogP contribution in [-0.2, 0) is 28.8 Å². The van der Waals surface area contributed by atoms with Crippen molar-refractivity contribution in [1.29, 1.82) is 0 Å². The molecule has 0 aromatic rings. The van der Waals surface area contributed by atoms with E-state index in [0.29, 0.717) is 0 Å². The van der Waals surface area contributed by atoms with Crippen molar-refractivity contribution in [2.75, 3.05) is 5.75 Å². The van der Waals surface area contributed by atoms with Crippen LogP contribution in [0.1, 0.15) is 33.1 Å². The van der Waals surface area contributed by atoms with Gasteiger partial charge in [-0.3, -0.25) is 24.0 Å². The number of aliphatic carboxylic acids is 2. The number of carbonyl (C=O) groups excluding carboxylic acids is 4. The quantitative estimate of drug-likeness (QED) is 0.124. The first-order valence-corrected chi connectivity index (χ1v) is 9.93. The van der Waals surface area contributed by atoms with Gasteiger partial charge in [0.25, 0.3) is 0 Å². The van der Waals surface area contributed by atoms with Gasteiger partial charge in [-0.2, -0.15) is 12.6 Å². The maximum absolute atomic E-state index is 12.6. The van der Waals surface area contributed by atoms with E-state index >= 15 is 0 Å². The normalized spacial score (nSPS) is 14.6. The molecule has 0 aliphatic rings. The second kappa shape index (κ2) is 13.4. The molecule has 176 valence electrons. The third-order valence-electron chi connectivity index (χ3n) is 4.14. The molecule has 0 fully saturated rings. The molecular weight excluding hydrogens is 434 g/mol. The number of hydrogen-bond acceptors (Lipinski definition) is 8. The topological polar surface area (TPSA) is 231 Å². The van der Waals surface area contributed by atoms with Gasteiger partial charge in [-0.1, -0.05) is 13.8 Å². The van der Waals surface area contributed by atoms with Crippen LogP contribution in [-0.4, -0.2) is 75.7 Å². The van der Waals surface area contributed by atoms with E-state index in [0.717, 1.165) is 0 Å². The van der Waals surface area contributed by atoms with E-state index in [1.54, 1.807) is 13.8 Å². The van der Waals surface area contributed by atoms with Gasteiger partial charge in [0.05, 0.1) is 12.5 Å². The highest BCUT2D eigenvalue weighted by atomic mass is 32.1. The minimum absolute atomic E-state index is 0.261. The van der Waals surface area contributed by atoms with Crippen LogP contribution >= 0.6 is 12.6 Å². The lowest BCUT2D eigenvalue weighted by atomic mass is 10.0. The largest absolute Gasteiger partial charge is 0.481 e. The molecular formula is C17H29N5O8S. The number of carbonyl (C=O) groups is 6. The van der Waals surface area contributed by atoms with Gasteiger partial charge in [0.2, 0.25) is 23.6 Å². The Kier molecular flexibility index (Phi) is 12.2. The monoisotopic (exact) mass is 463 g/mol. The Morgan fingerprint density at radius 3 is 1.77 bits per heavy atom. The fraction of sp³-hybridized carbons (Fsp3) is 0.647.